The lowest BCUT2D eigenvalue weighted by Crippen LogP contribution is -2.35. The highest BCUT2D eigenvalue weighted by atomic mass is 127. The zero-order valence-electron chi connectivity index (χ0n) is 13.0. The molecule has 0 heterocycles. The number of hydrogen-bond donors (Lipinski definition) is 1. The summed E-state index contributed by atoms with van der Waals surface area (Å²) in [7, 11) is 0. The molecule has 0 aliphatic carbocycles. The van der Waals surface area contributed by atoms with Gasteiger partial charge in [-0.3, -0.25) is 0 Å². The molecule has 0 aliphatic heterocycles. The molecule has 0 fully saturated rings. The van der Waals surface area contributed by atoms with Crippen molar-refractivity contribution in [2.24, 2.45) is 0 Å². The van der Waals surface area contributed by atoms with E-state index in [9.17, 15) is 0 Å². The summed E-state index contributed by atoms with van der Waals surface area (Å²) in [6.07, 6.45) is 0. The van der Waals surface area contributed by atoms with E-state index in [4.69, 9.17) is 4.74 Å². The third kappa shape index (κ3) is 5.00. The Morgan fingerprint density at radius 1 is 1.05 bits per heavy atom. The number of rotatable bonds is 4. The molecule has 0 aromatic heterocycles. The van der Waals surface area contributed by atoms with Gasteiger partial charge >= 0.3 is 0 Å². The van der Waals surface area contributed by atoms with Gasteiger partial charge in [-0.05, 0) is 79.6 Å². The molecule has 0 spiro atoms. The maximum Gasteiger partial charge on any atom is 0.140 e. The van der Waals surface area contributed by atoms with Crippen molar-refractivity contribution in [3.63, 3.8) is 0 Å². The first kappa shape index (κ1) is 16.3. The van der Waals surface area contributed by atoms with Gasteiger partial charge in [0.1, 0.15) is 11.5 Å². The minimum atomic E-state index is 0.128. The van der Waals surface area contributed by atoms with E-state index in [0.29, 0.717) is 0 Å². The predicted octanol–water partition coefficient (Wildman–Crippen LogP) is 5.28. The zero-order chi connectivity index (χ0) is 15.5. The highest BCUT2D eigenvalue weighted by Crippen LogP contribution is 2.29. The van der Waals surface area contributed by atoms with E-state index in [2.05, 4.69) is 73.8 Å². The maximum absolute atomic E-state index is 6.01. The van der Waals surface area contributed by atoms with Crippen LogP contribution in [-0.2, 0) is 6.54 Å². The van der Waals surface area contributed by atoms with Crippen LogP contribution in [-0.4, -0.2) is 5.54 Å². The molecule has 21 heavy (non-hydrogen) atoms. The van der Waals surface area contributed by atoms with Gasteiger partial charge in [0.2, 0.25) is 0 Å². The minimum absolute atomic E-state index is 0.128. The lowest BCUT2D eigenvalue weighted by Gasteiger charge is -2.21. The number of ether oxygens (including phenoxy) is 1. The summed E-state index contributed by atoms with van der Waals surface area (Å²) < 4.78 is 7.13. The van der Waals surface area contributed by atoms with E-state index in [1.807, 2.05) is 24.3 Å². The summed E-state index contributed by atoms with van der Waals surface area (Å²) in [5, 5.41) is 3.50. The molecule has 0 saturated heterocycles. The van der Waals surface area contributed by atoms with Crippen molar-refractivity contribution in [3.05, 3.63) is 57.2 Å². The molecule has 0 radical (unpaired) electrons. The highest BCUT2D eigenvalue weighted by molar-refractivity contribution is 14.1. The summed E-state index contributed by atoms with van der Waals surface area (Å²) >= 11 is 2.29. The number of hydrogen-bond acceptors (Lipinski definition) is 2. The van der Waals surface area contributed by atoms with Gasteiger partial charge < -0.3 is 10.1 Å². The second kappa shape index (κ2) is 6.79. The van der Waals surface area contributed by atoms with Gasteiger partial charge in [-0.1, -0.05) is 24.3 Å². The van der Waals surface area contributed by atoms with Crippen molar-refractivity contribution in [1.82, 2.24) is 5.32 Å². The summed E-state index contributed by atoms with van der Waals surface area (Å²) in [6, 6.07) is 14.4. The van der Waals surface area contributed by atoms with Crippen molar-refractivity contribution in [3.8, 4) is 11.5 Å². The fourth-order valence-corrected chi connectivity index (χ4v) is 2.45. The first-order valence-corrected chi connectivity index (χ1v) is 8.20. The van der Waals surface area contributed by atoms with Gasteiger partial charge in [0.05, 0.1) is 3.57 Å². The van der Waals surface area contributed by atoms with Gasteiger partial charge in [0, 0.05) is 12.1 Å². The van der Waals surface area contributed by atoms with Crippen LogP contribution in [0.4, 0.5) is 0 Å². The van der Waals surface area contributed by atoms with Crippen LogP contribution >= 0.6 is 22.6 Å². The van der Waals surface area contributed by atoms with Crippen LogP contribution in [0.5, 0.6) is 11.5 Å². The quantitative estimate of drug-likeness (QED) is 0.712. The van der Waals surface area contributed by atoms with Crippen LogP contribution < -0.4 is 10.1 Å². The van der Waals surface area contributed by atoms with Gasteiger partial charge in [0.25, 0.3) is 0 Å². The van der Waals surface area contributed by atoms with E-state index in [-0.39, 0.29) is 5.54 Å². The van der Waals surface area contributed by atoms with E-state index in [1.165, 1.54) is 5.56 Å². The molecule has 0 unspecified atom stereocenters. The molecular formula is C18H22INO. The lowest BCUT2D eigenvalue weighted by molar-refractivity contribution is 0.424. The SMILES string of the molecule is Cc1cc(CNC(C)(C)C)ccc1Oc1ccccc1I. The van der Waals surface area contributed by atoms with Crippen molar-refractivity contribution in [2.45, 2.75) is 39.8 Å². The molecule has 2 rings (SSSR count). The monoisotopic (exact) mass is 395 g/mol. The largest absolute Gasteiger partial charge is 0.456 e. The maximum atomic E-state index is 6.01. The first-order chi connectivity index (χ1) is 9.85. The molecule has 3 heteroatoms. The van der Waals surface area contributed by atoms with Crippen LogP contribution in [0.2, 0.25) is 0 Å². The summed E-state index contributed by atoms with van der Waals surface area (Å²) in [6.45, 7) is 9.48. The van der Waals surface area contributed by atoms with Crippen LogP contribution in [0.3, 0.4) is 0 Å². The van der Waals surface area contributed by atoms with Crippen LogP contribution in [0, 0.1) is 10.5 Å². The van der Waals surface area contributed by atoms with Crippen molar-refractivity contribution < 1.29 is 4.74 Å². The normalized spacial score (nSPS) is 11.5. The molecule has 0 amide bonds. The van der Waals surface area contributed by atoms with Crippen LogP contribution in [0.1, 0.15) is 31.9 Å². The minimum Gasteiger partial charge on any atom is -0.456 e. The molecule has 2 aromatic rings. The molecule has 2 nitrogen and oxygen atoms in total. The highest BCUT2D eigenvalue weighted by Gasteiger charge is 2.10. The topological polar surface area (TPSA) is 21.3 Å². The Balaban J connectivity index is 2.11. The second-order valence-corrected chi connectivity index (χ2v) is 7.40. The summed E-state index contributed by atoms with van der Waals surface area (Å²) in [4.78, 5) is 0. The zero-order valence-corrected chi connectivity index (χ0v) is 15.2. The van der Waals surface area contributed by atoms with Crippen molar-refractivity contribution in [2.75, 3.05) is 0 Å². The molecule has 0 bridgehead atoms. The van der Waals surface area contributed by atoms with E-state index < -0.39 is 0 Å². The fraction of sp³-hybridized carbons (Fsp3) is 0.333. The lowest BCUT2D eigenvalue weighted by atomic mass is 10.1. The number of aryl methyl sites for hydroxylation is 1. The third-order valence-corrected chi connectivity index (χ3v) is 4.01. The number of para-hydroxylation sites is 1. The van der Waals surface area contributed by atoms with Crippen molar-refractivity contribution in [1.29, 1.82) is 0 Å². The Morgan fingerprint density at radius 2 is 1.76 bits per heavy atom. The summed E-state index contributed by atoms with van der Waals surface area (Å²) in [5.74, 6) is 1.82. The average Bonchev–Trinajstić information content (AvgIpc) is 2.41. The number of nitrogens with one attached hydrogen (secondary N) is 1. The van der Waals surface area contributed by atoms with Gasteiger partial charge in [-0.25, -0.2) is 0 Å². The van der Waals surface area contributed by atoms with Crippen molar-refractivity contribution >= 4 is 22.6 Å². The Morgan fingerprint density at radius 3 is 2.38 bits per heavy atom. The molecular weight excluding hydrogens is 373 g/mol. The number of benzene rings is 2. The molecule has 0 aliphatic rings. The standard InChI is InChI=1S/C18H22INO/c1-13-11-14(12-20-18(2,3)4)9-10-16(13)21-17-8-6-5-7-15(17)19/h5-11,20H,12H2,1-4H3. The second-order valence-electron chi connectivity index (χ2n) is 6.24. The third-order valence-electron chi connectivity index (χ3n) is 3.12. The number of halogens is 1. The Kier molecular flexibility index (Phi) is 5.27. The molecule has 112 valence electrons. The Labute approximate surface area is 141 Å². The Bertz CT molecular complexity index is 617. The van der Waals surface area contributed by atoms with Gasteiger partial charge in [0.15, 0.2) is 0 Å². The predicted molar refractivity (Wildman–Crippen MR) is 97.0 cm³/mol. The first-order valence-electron chi connectivity index (χ1n) is 7.12. The average molecular weight is 395 g/mol. The molecule has 1 N–H and O–H groups in total. The van der Waals surface area contributed by atoms with Gasteiger partial charge in [-0.2, -0.15) is 0 Å². The molecule has 0 saturated carbocycles. The Hall–Kier alpha value is -1.07. The molecule has 0 atom stereocenters. The van der Waals surface area contributed by atoms with E-state index >= 15 is 0 Å². The van der Waals surface area contributed by atoms with E-state index in [1.54, 1.807) is 0 Å². The van der Waals surface area contributed by atoms with Crippen LogP contribution in [0.15, 0.2) is 42.5 Å². The summed E-state index contributed by atoms with van der Waals surface area (Å²) in [5.41, 5.74) is 2.56. The van der Waals surface area contributed by atoms with E-state index in [0.717, 1.165) is 27.2 Å². The van der Waals surface area contributed by atoms with Crippen LogP contribution in [0.25, 0.3) is 0 Å². The molecule has 2 aromatic carbocycles. The smallest absolute Gasteiger partial charge is 0.140 e. The van der Waals surface area contributed by atoms with Gasteiger partial charge in [-0.15, -0.1) is 0 Å². The fourth-order valence-electron chi connectivity index (χ4n) is 1.95.